The molecule has 0 bridgehead atoms. The van der Waals surface area contributed by atoms with E-state index in [-0.39, 0.29) is 0 Å². The number of imidazole rings is 1. The zero-order valence-electron chi connectivity index (χ0n) is 7.65. The minimum absolute atomic E-state index is 0.398. The number of nitrogens with two attached hydrogens (primary N) is 1. The van der Waals surface area contributed by atoms with Crippen molar-refractivity contribution in [2.24, 2.45) is 12.8 Å². The first kappa shape index (κ1) is 9.22. The topological polar surface area (TPSA) is 64.1 Å². The van der Waals surface area contributed by atoms with Crippen LogP contribution < -0.4 is 5.73 Å². The Kier molecular flexibility index (Phi) is 2.21. The predicted molar refractivity (Wildman–Crippen MR) is 46.4 cm³/mol. The van der Waals surface area contributed by atoms with E-state index in [1.165, 1.54) is 0 Å². The summed E-state index contributed by atoms with van der Waals surface area (Å²) in [5.41, 5.74) is 5.73. The molecule has 0 radical (unpaired) electrons. The molecule has 0 aromatic carbocycles. The number of nitrogens with zero attached hydrogens (tertiary/aromatic N) is 2. The second-order valence-corrected chi connectivity index (χ2v) is 3.56. The fourth-order valence-corrected chi connectivity index (χ4v) is 1.03. The van der Waals surface area contributed by atoms with Gasteiger partial charge in [0.2, 0.25) is 0 Å². The summed E-state index contributed by atoms with van der Waals surface area (Å²) in [5.74, 6) is 0. The molecule has 0 saturated heterocycles. The summed E-state index contributed by atoms with van der Waals surface area (Å²) in [4.78, 5) is 3.93. The molecule has 3 N–H and O–H groups in total. The fraction of sp³-hybridized carbons (Fsp3) is 0.625. The van der Waals surface area contributed by atoms with Crippen LogP contribution in [0, 0.1) is 0 Å². The van der Waals surface area contributed by atoms with Crippen LogP contribution in [0.25, 0.3) is 0 Å². The molecular formula is C8H15N3O. The van der Waals surface area contributed by atoms with E-state index in [4.69, 9.17) is 5.73 Å². The van der Waals surface area contributed by atoms with Gasteiger partial charge in [-0.1, -0.05) is 0 Å². The lowest BCUT2D eigenvalue weighted by atomic mass is 9.97. The molecule has 0 aliphatic rings. The van der Waals surface area contributed by atoms with Crippen molar-refractivity contribution < 1.29 is 5.11 Å². The fourth-order valence-electron chi connectivity index (χ4n) is 1.03. The van der Waals surface area contributed by atoms with Crippen LogP contribution in [0.3, 0.4) is 0 Å². The second-order valence-electron chi connectivity index (χ2n) is 3.56. The molecule has 0 saturated carbocycles. The monoisotopic (exact) mass is 169 g/mol. The van der Waals surface area contributed by atoms with E-state index in [1.54, 1.807) is 26.4 Å². The Morgan fingerprint density at radius 3 is 2.58 bits per heavy atom. The average molecular weight is 169 g/mol. The molecule has 0 spiro atoms. The van der Waals surface area contributed by atoms with Crippen molar-refractivity contribution in [1.29, 1.82) is 0 Å². The van der Waals surface area contributed by atoms with E-state index in [0.717, 1.165) is 5.69 Å². The largest absolute Gasteiger partial charge is 0.388 e. The van der Waals surface area contributed by atoms with Gasteiger partial charge in [-0.3, -0.25) is 0 Å². The van der Waals surface area contributed by atoms with Gasteiger partial charge in [0.05, 0.1) is 23.7 Å². The highest BCUT2D eigenvalue weighted by molar-refractivity contribution is 5.08. The van der Waals surface area contributed by atoms with Crippen LogP contribution in [0.15, 0.2) is 12.5 Å². The Morgan fingerprint density at radius 1 is 1.67 bits per heavy atom. The van der Waals surface area contributed by atoms with E-state index in [2.05, 4.69) is 4.98 Å². The van der Waals surface area contributed by atoms with Gasteiger partial charge in [-0.25, -0.2) is 4.98 Å². The Labute approximate surface area is 72.0 Å². The van der Waals surface area contributed by atoms with Gasteiger partial charge in [-0.05, 0) is 13.8 Å². The van der Waals surface area contributed by atoms with Gasteiger partial charge in [0.1, 0.15) is 0 Å². The van der Waals surface area contributed by atoms with E-state index in [9.17, 15) is 5.11 Å². The number of hydrogen-bond acceptors (Lipinski definition) is 3. The molecule has 4 heteroatoms. The quantitative estimate of drug-likeness (QED) is 0.664. The molecule has 1 heterocycles. The second kappa shape index (κ2) is 2.88. The van der Waals surface area contributed by atoms with E-state index in [1.807, 2.05) is 11.6 Å². The summed E-state index contributed by atoms with van der Waals surface area (Å²) in [6.45, 7) is 3.37. The highest BCUT2D eigenvalue weighted by Crippen LogP contribution is 2.21. The Morgan fingerprint density at radius 2 is 2.25 bits per heavy atom. The average Bonchev–Trinajstić information content (AvgIpc) is 2.31. The van der Waals surface area contributed by atoms with Crippen LogP contribution >= 0.6 is 0 Å². The summed E-state index contributed by atoms with van der Waals surface area (Å²) in [5, 5.41) is 9.62. The number of aliphatic hydroxyl groups is 1. The summed E-state index contributed by atoms with van der Waals surface area (Å²) in [6, 6.07) is -0.398. The third kappa shape index (κ3) is 1.65. The molecule has 1 aromatic rings. The molecule has 1 rings (SSSR count). The smallest absolute Gasteiger partial charge is 0.0946 e. The van der Waals surface area contributed by atoms with Crippen LogP contribution in [-0.4, -0.2) is 20.3 Å². The highest BCUT2D eigenvalue weighted by Gasteiger charge is 2.26. The minimum Gasteiger partial charge on any atom is -0.388 e. The normalized spacial score (nSPS) is 14.8. The Bertz CT molecular complexity index is 262. The third-order valence-corrected chi connectivity index (χ3v) is 1.93. The molecule has 4 nitrogen and oxygen atoms in total. The zero-order chi connectivity index (χ0) is 9.35. The first-order valence-electron chi connectivity index (χ1n) is 3.87. The molecule has 1 unspecified atom stereocenters. The number of aryl methyl sites for hydroxylation is 1. The maximum atomic E-state index is 9.62. The molecule has 12 heavy (non-hydrogen) atoms. The molecule has 1 aromatic heterocycles. The lowest BCUT2D eigenvalue weighted by Crippen LogP contribution is -2.36. The van der Waals surface area contributed by atoms with Gasteiger partial charge in [-0.15, -0.1) is 0 Å². The number of hydrogen-bond donors (Lipinski definition) is 2. The Hall–Kier alpha value is -0.870. The summed E-state index contributed by atoms with van der Waals surface area (Å²) in [6.07, 6.45) is 3.34. The van der Waals surface area contributed by atoms with Crippen molar-refractivity contribution in [3.8, 4) is 0 Å². The van der Waals surface area contributed by atoms with Crippen molar-refractivity contribution in [3.05, 3.63) is 18.2 Å². The lowest BCUT2D eigenvalue weighted by molar-refractivity contribution is 0.0494. The molecule has 0 amide bonds. The van der Waals surface area contributed by atoms with E-state index in [0.29, 0.717) is 0 Å². The summed E-state index contributed by atoms with van der Waals surface area (Å²) >= 11 is 0. The maximum Gasteiger partial charge on any atom is 0.0946 e. The van der Waals surface area contributed by atoms with E-state index < -0.39 is 11.6 Å². The molecule has 0 aliphatic carbocycles. The van der Waals surface area contributed by atoms with Crippen molar-refractivity contribution in [1.82, 2.24) is 9.55 Å². The molecular weight excluding hydrogens is 154 g/mol. The van der Waals surface area contributed by atoms with Gasteiger partial charge >= 0.3 is 0 Å². The van der Waals surface area contributed by atoms with Crippen molar-refractivity contribution in [2.75, 3.05) is 0 Å². The molecule has 68 valence electrons. The first-order valence-corrected chi connectivity index (χ1v) is 3.87. The van der Waals surface area contributed by atoms with Crippen LogP contribution in [0.2, 0.25) is 0 Å². The van der Waals surface area contributed by atoms with Crippen LogP contribution in [0.5, 0.6) is 0 Å². The van der Waals surface area contributed by atoms with Crippen LogP contribution in [0.1, 0.15) is 25.6 Å². The number of rotatable bonds is 2. The standard InChI is InChI=1S/C8H15N3O/c1-8(2,12)7(9)6-4-10-5-11(6)3/h4-5,7,12H,9H2,1-3H3. The molecule has 0 fully saturated rings. The number of aromatic nitrogens is 2. The van der Waals surface area contributed by atoms with Gasteiger partial charge in [-0.2, -0.15) is 0 Å². The maximum absolute atomic E-state index is 9.62. The molecule has 0 aliphatic heterocycles. The summed E-state index contributed by atoms with van der Waals surface area (Å²) < 4.78 is 1.81. The SMILES string of the molecule is Cn1cncc1C(N)C(C)(C)O. The lowest BCUT2D eigenvalue weighted by Gasteiger charge is -2.25. The van der Waals surface area contributed by atoms with Crippen molar-refractivity contribution in [3.63, 3.8) is 0 Å². The Balaban J connectivity index is 2.92. The van der Waals surface area contributed by atoms with Crippen molar-refractivity contribution in [2.45, 2.75) is 25.5 Å². The summed E-state index contributed by atoms with van der Waals surface area (Å²) in [7, 11) is 1.86. The van der Waals surface area contributed by atoms with Crippen LogP contribution in [0.4, 0.5) is 0 Å². The first-order chi connectivity index (χ1) is 5.43. The highest BCUT2D eigenvalue weighted by atomic mass is 16.3. The van der Waals surface area contributed by atoms with E-state index >= 15 is 0 Å². The zero-order valence-corrected chi connectivity index (χ0v) is 7.65. The van der Waals surface area contributed by atoms with Gasteiger partial charge < -0.3 is 15.4 Å². The molecule has 1 atom stereocenters. The predicted octanol–water partition coefficient (Wildman–Crippen LogP) is 0.191. The van der Waals surface area contributed by atoms with Gasteiger partial charge in [0.25, 0.3) is 0 Å². The van der Waals surface area contributed by atoms with Gasteiger partial charge in [0.15, 0.2) is 0 Å². The van der Waals surface area contributed by atoms with Gasteiger partial charge in [0, 0.05) is 13.2 Å². The van der Waals surface area contributed by atoms with Crippen molar-refractivity contribution >= 4 is 0 Å². The minimum atomic E-state index is -0.909. The van der Waals surface area contributed by atoms with Crippen LogP contribution in [-0.2, 0) is 7.05 Å². The third-order valence-electron chi connectivity index (χ3n) is 1.93.